The predicted molar refractivity (Wildman–Crippen MR) is 81.5 cm³/mol. The van der Waals surface area contributed by atoms with E-state index in [4.69, 9.17) is 23.2 Å². The summed E-state index contributed by atoms with van der Waals surface area (Å²) in [4.78, 5) is 4.50. The van der Waals surface area contributed by atoms with E-state index >= 15 is 0 Å². The molecule has 3 rings (SSSR count). The second-order valence-corrected chi connectivity index (χ2v) is 6.12. The number of benzene rings is 2. The van der Waals surface area contributed by atoms with Crippen molar-refractivity contribution in [3.05, 3.63) is 45.9 Å². The smallest absolute Gasteiger partial charge is 0.128 e. The van der Waals surface area contributed by atoms with E-state index in [1.54, 1.807) is 18.2 Å². The second kappa shape index (κ2) is 4.67. The van der Waals surface area contributed by atoms with E-state index in [2.05, 4.69) is 4.98 Å². The molecule has 0 amide bonds. The average Bonchev–Trinajstić information content (AvgIpc) is 2.75. The molecule has 0 aliphatic carbocycles. The van der Waals surface area contributed by atoms with Crippen molar-refractivity contribution in [2.75, 3.05) is 0 Å². The summed E-state index contributed by atoms with van der Waals surface area (Å²) in [5.41, 5.74) is 2.59. The largest absolute Gasteiger partial charge is 0.507 e. The molecule has 0 unspecified atom stereocenters. The van der Waals surface area contributed by atoms with Crippen LogP contribution in [0.1, 0.15) is 5.56 Å². The van der Waals surface area contributed by atoms with Crippen molar-refractivity contribution in [3.63, 3.8) is 0 Å². The Labute approximate surface area is 124 Å². The van der Waals surface area contributed by atoms with E-state index in [-0.39, 0.29) is 5.75 Å². The van der Waals surface area contributed by atoms with Crippen LogP contribution < -0.4 is 0 Å². The van der Waals surface area contributed by atoms with E-state index in [0.717, 1.165) is 26.4 Å². The van der Waals surface area contributed by atoms with Crippen LogP contribution in [0.2, 0.25) is 10.0 Å². The van der Waals surface area contributed by atoms with Gasteiger partial charge in [-0.15, -0.1) is 11.3 Å². The summed E-state index contributed by atoms with van der Waals surface area (Å²) < 4.78 is 0.949. The van der Waals surface area contributed by atoms with Crippen LogP contribution in [0, 0.1) is 6.92 Å². The van der Waals surface area contributed by atoms with Crippen LogP contribution in [0.3, 0.4) is 0 Å². The number of rotatable bonds is 1. The molecule has 1 N–H and O–H groups in total. The van der Waals surface area contributed by atoms with E-state index in [1.807, 2.05) is 19.1 Å². The van der Waals surface area contributed by atoms with Gasteiger partial charge in [0, 0.05) is 0 Å². The molecule has 0 bridgehead atoms. The highest BCUT2D eigenvalue weighted by molar-refractivity contribution is 7.21. The van der Waals surface area contributed by atoms with Crippen molar-refractivity contribution in [1.82, 2.24) is 4.98 Å². The Hall–Kier alpha value is -1.29. The summed E-state index contributed by atoms with van der Waals surface area (Å²) in [5, 5.41) is 11.7. The summed E-state index contributed by atoms with van der Waals surface area (Å²) in [6.45, 7) is 1.98. The molecule has 1 heterocycles. The highest BCUT2D eigenvalue weighted by atomic mass is 35.5. The van der Waals surface area contributed by atoms with Crippen LogP contribution >= 0.6 is 34.5 Å². The molecule has 2 nitrogen and oxygen atoms in total. The fourth-order valence-electron chi connectivity index (χ4n) is 1.86. The molecule has 19 heavy (non-hydrogen) atoms. The second-order valence-electron chi connectivity index (χ2n) is 4.27. The van der Waals surface area contributed by atoms with Crippen LogP contribution in [0.15, 0.2) is 30.3 Å². The first kappa shape index (κ1) is 12.7. The Balaban J connectivity index is 2.23. The minimum Gasteiger partial charge on any atom is -0.507 e. The minimum atomic E-state index is 0.224. The lowest BCUT2D eigenvalue weighted by Gasteiger charge is -2.01. The van der Waals surface area contributed by atoms with Crippen LogP contribution in [-0.2, 0) is 0 Å². The normalized spacial score (nSPS) is 11.1. The number of phenols is 1. The molecule has 0 spiro atoms. The fourth-order valence-corrected chi connectivity index (χ4v) is 3.26. The van der Waals surface area contributed by atoms with Crippen molar-refractivity contribution in [2.45, 2.75) is 6.92 Å². The van der Waals surface area contributed by atoms with Crippen LogP contribution in [0.5, 0.6) is 5.75 Å². The van der Waals surface area contributed by atoms with Gasteiger partial charge >= 0.3 is 0 Å². The van der Waals surface area contributed by atoms with Gasteiger partial charge in [0.2, 0.25) is 0 Å². The number of hydrogen-bond donors (Lipinski definition) is 1. The Morgan fingerprint density at radius 2 is 1.84 bits per heavy atom. The lowest BCUT2D eigenvalue weighted by Crippen LogP contribution is -1.80. The highest BCUT2D eigenvalue weighted by Crippen LogP contribution is 2.38. The van der Waals surface area contributed by atoms with Gasteiger partial charge in [-0.2, -0.15) is 0 Å². The molecule has 3 aromatic rings. The number of halogens is 2. The molecule has 96 valence electrons. The van der Waals surface area contributed by atoms with Gasteiger partial charge in [0.1, 0.15) is 10.8 Å². The Morgan fingerprint density at radius 3 is 2.63 bits per heavy atom. The maximum absolute atomic E-state index is 9.94. The maximum atomic E-state index is 9.94. The number of nitrogens with zero attached hydrogens (tertiary/aromatic N) is 1. The number of aromatic hydroxyl groups is 1. The third-order valence-electron chi connectivity index (χ3n) is 2.81. The molecule has 0 aliphatic heterocycles. The molecular weight excluding hydrogens is 301 g/mol. The predicted octanol–water partition coefficient (Wildman–Crippen LogP) is 5.28. The standard InChI is InChI=1S/C14H9Cl2NOS/c1-7-2-3-12(18)8(4-7)14-17-11-5-9(15)10(16)6-13(11)19-14/h2-6,18H,1H3. The number of aryl methyl sites for hydroxylation is 1. The zero-order valence-electron chi connectivity index (χ0n) is 9.95. The first-order chi connectivity index (χ1) is 9.04. The van der Waals surface area contributed by atoms with Gasteiger partial charge in [-0.1, -0.05) is 34.8 Å². The SMILES string of the molecule is Cc1ccc(O)c(-c2nc3cc(Cl)c(Cl)cc3s2)c1. The molecule has 0 aliphatic rings. The summed E-state index contributed by atoms with van der Waals surface area (Å²) in [5.74, 6) is 0.224. The lowest BCUT2D eigenvalue weighted by molar-refractivity contribution is 0.477. The van der Waals surface area contributed by atoms with Crippen LogP contribution in [0.4, 0.5) is 0 Å². The molecule has 0 fully saturated rings. The van der Waals surface area contributed by atoms with E-state index in [0.29, 0.717) is 10.0 Å². The van der Waals surface area contributed by atoms with Crippen LogP contribution in [-0.4, -0.2) is 10.1 Å². The molecule has 0 saturated heterocycles. The zero-order valence-corrected chi connectivity index (χ0v) is 12.3. The van der Waals surface area contributed by atoms with Gasteiger partial charge in [-0.25, -0.2) is 4.98 Å². The van der Waals surface area contributed by atoms with Gasteiger partial charge < -0.3 is 5.11 Å². The highest BCUT2D eigenvalue weighted by Gasteiger charge is 2.12. The summed E-state index contributed by atoms with van der Waals surface area (Å²) in [6, 6.07) is 8.99. The van der Waals surface area contributed by atoms with Gasteiger partial charge in [0.15, 0.2) is 0 Å². The molecule has 0 atom stereocenters. The summed E-state index contributed by atoms with van der Waals surface area (Å²) >= 11 is 13.5. The number of aromatic nitrogens is 1. The number of phenolic OH excluding ortho intramolecular Hbond substituents is 1. The molecule has 0 saturated carbocycles. The quantitative estimate of drug-likeness (QED) is 0.663. The average molecular weight is 310 g/mol. The van der Waals surface area contributed by atoms with Gasteiger partial charge in [0.05, 0.1) is 25.8 Å². The van der Waals surface area contributed by atoms with E-state index < -0.39 is 0 Å². The first-order valence-electron chi connectivity index (χ1n) is 5.60. The van der Waals surface area contributed by atoms with Crippen molar-refractivity contribution in [3.8, 4) is 16.3 Å². The third-order valence-corrected chi connectivity index (χ3v) is 4.59. The van der Waals surface area contributed by atoms with Crippen molar-refractivity contribution in [1.29, 1.82) is 0 Å². The Bertz CT molecular complexity index is 743. The van der Waals surface area contributed by atoms with Crippen molar-refractivity contribution in [2.24, 2.45) is 0 Å². The molecule has 0 radical (unpaired) electrons. The lowest BCUT2D eigenvalue weighted by atomic mass is 10.1. The zero-order chi connectivity index (χ0) is 13.6. The molecule has 1 aromatic heterocycles. The number of hydrogen-bond acceptors (Lipinski definition) is 3. The molecule has 2 aromatic carbocycles. The maximum Gasteiger partial charge on any atom is 0.128 e. The molecule has 5 heteroatoms. The number of fused-ring (bicyclic) bond motifs is 1. The topological polar surface area (TPSA) is 33.1 Å². The van der Waals surface area contributed by atoms with Gasteiger partial charge in [0.25, 0.3) is 0 Å². The Morgan fingerprint density at radius 1 is 1.11 bits per heavy atom. The summed E-state index contributed by atoms with van der Waals surface area (Å²) in [7, 11) is 0. The minimum absolute atomic E-state index is 0.224. The Kier molecular flexibility index (Phi) is 3.13. The monoisotopic (exact) mass is 309 g/mol. The molecular formula is C14H9Cl2NOS. The van der Waals surface area contributed by atoms with Crippen molar-refractivity contribution < 1.29 is 5.11 Å². The number of thiazole rings is 1. The third kappa shape index (κ3) is 2.29. The first-order valence-corrected chi connectivity index (χ1v) is 7.17. The van der Waals surface area contributed by atoms with E-state index in [1.165, 1.54) is 11.3 Å². The van der Waals surface area contributed by atoms with Crippen molar-refractivity contribution >= 4 is 44.8 Å². The van der Waals surface area contributed by atoms with E-state index in [9.17, 15) is 5.11 Å². The fraction of sp³-hybridized carbons (Fsp3) is 0.0714. The summed E-state index contributed by atoms with van der Waals surface area (Å²) in [6.07, 6.45) is 0. The van der Waals surface area contributed by atoms with Crippen LogP contribution in [0.25, 0.3) is 20.8 Å². The van der Waals surface area contributed by atoms with Gasteiger partial charge in [-0.3, -0.25) is 0 Å². The van der Waals surface area contributed by atoms with Gasteiger partial charge in [-0.05, 0) is 31.2 Å².